The molecule has 0 radical (unpaired) electrons. The van der Waals surface area contributed by atoms with Crippen molar-refractivity contribution < 1.29 is 48.1 Å². The summed E-state index contributed by atoms with van der Waals surface area (Å²) >= 11 is 0. The third-order valence-corrected chi connectivity index (χ3v) is 6.04. The summed E-state index contributed by atoms with van der Waals surface area (Å²) in [6, 6.07) is -0.553. The van der Waals surface area contributed by atoms with Gasteiger partial charge in [0.25, 0.3) is 6.47 Å². The van der Waals surface area contributed by atoms with E-state index in [0.29, 0.717) is 32.1 Å². The molecule has 4 N–H and O–H groups in total. The van der Waals surface area contributed by atoms with Gasteiger partial charge in [-0.2, -0.15) is 0 Å². The summed E-state index contributed by atoms with van der Waals surface area (Å²) in [6.45, 7) is 4.88. The first-order chi connectivity index (χ1) is 17.2. The van der Waals surface area contributed by atoms with Gasteiger partial charge >= 0.3 is 11.9 Å². The standard InChI is InChI=1S/C10H15NO3.C9H15NO2.C4H6O3.CH2O2/c12-6-11-9(8-3-4-14-5-8)10(13)7-1-2-7;10-8(7-3-4-12-5-7)9(11)6-1-2-6;1-3(5)7-4(2)6;2-1-3/h6-9H,1-5H2,(H,11,12);6-8H,1-5,10H2;1-2H3;1H,(H,2,3). The lowest BCUT2D eigenvalue weighted by atomic mass is 9.93. The fourth-order valence-electron chi connectivity index (χ4n) is 3.87. The Morgan fingerprint density at radius 2 is 1.31 bits per heavy atom. The van der Waals surface area contributed by atoms with Crippen LogP contribution < -0.4 is 11.1 Å². The smallest absolute Gasteiger partial charge is 0.310 e. The molecule has 4 fully saturated rings. The minimum atomic E-state index is -0.562. The Morgan fingerprint density at radius 1 is 0.861 bits per heavy atom. The second kappa shape index (κ2) is 16.9. The fraction of sp³-hybridized carbons (Fsp3) is 0.750. The molecule has 0 spiro atoms. The quantitative estimate of drug-likeness (QED) is 0.229. The van der Waals surface area contributed by atoms with Crippen LogP contribution in [-0.4, -0.2) is 80.0 Å². The summed E-state index contributed by atoms with van der Waals surface area (Å²) < 4.78 is 14.4. The maximum Gasteiger partial charge on any atom is 0.310 e. The molecule has 0 aromatic carbocycles. The number of Topliss-reactive ketones (excluding diaryl/α,β-unsaturated/α-hetero) is 2. The van der Waals surface area contributed by atoms with Gasteiger partial charge in [0.15, 0.2) is 11.6 Å². The van der Waals surface area contributed by atoms with Crippen LogP contribution >= 0.6 is 0 Å². The van der Waals surface area contributed by atoms with E-state index in [4.69, 9.17) is 25.1 Å². The summed E-state index contributed by atoms with van der Waals surface area (Å²) in [6.07, 6.45) is 6.56. The highest BCUT2D eigenvalue weighted by molar-refractivity contribution is 5.90. The van der Waals surface area contributed by atoms with E-state index in [-0.39, 0.29) is 47.9 Å². The van der Waals surface area contributed by atoms with Crippen molar-refractivity contribution in [2.45, 2.75) is 64.5 Å². The van der Waals surface area contributed by atoms with Crippen LogP contribution in [0.4, 0.5) is 0 Å². The van der Waals surface area contributed by atoms with E-state index in [1.165, 1.54) is 13.8 Å². The lowest BCUT2D eigenvalue weighted by Crippen LogP contribution is -2.43. The number of carbonyl (C=O) groups is 6. The summed E-state index contributed by atoms with van der Waals surface area (Å²) in [5.41, 5.74) is 5.83. The average molecular weight is 515 g/mol. The number of amides is 1. The number of ether oxygens (including phenoxy) is 3. The minimum absolute atomic E-state index is 0.188. The van der Waals surface area contributed by atoms with Crippen LogP contribution in [0.25, 0.3) is 0 Å². The Labute approximate surface area is 210 Å². The van der Waals surface area contributed by atoms with Crippen molar-refractivity contribution >= 4 is 36.4 Å². The molecule has 4 atom stereocenters. The monoisotopic (exact) mass is 514 g/mol. The molecule has 2 saturated heterocycles. The molecule has 4 rings (SSSR count). The highest BCUT2D eigenvalue weighted by Crippen LogP contribution is 2.34. The Balaban J connectivity index is 0.000000268. The van der Waals surface area contributed by atoms with Gasteiger partial charge in [-0.15, -0.1) is 0 Å². The second-order valence-electron chi connectivity index (χ2n) is 9.08. The molecule has 36 heavy (non-hydrogen) atoms. The normalized spacial score (nSPS) is 23.5. The molecular weight excluding hydrogens is 476 g/mol. The van der Waals surface area contributed by atoms with Crippen molar-refractivity contribution in [2.24, 2.45) is 29.4 Å². The molecule has 4 unspecified atom stereocenters. The topological polar surface area (TPSA) is 188 Å². The number of ketones is 2. The molecule has 0 bridgehead atoms. The van der Waals surface area contributed by atoms with Crippen LogP contribution in [0.5, 0.6) is 0 Å². The summed E-state index contributed by atoms with van der Waals surface area (Å²) in [5, 5.41) is 9.52. The Bertz CT molecular complexity index is 727. The van der Waals surface area contributed by atoms with Gasteiger partial charge in [-0.05, 0) is 38.5 Å². The first-order valence-electron chi connectivity index (χ1n) is 12.1. The third-order valence-electron chi connectivity index (χ3n) is 6.04. The first-order valence-corrected chi connectivity index (χ1v) is 12.1. The fourth-order valence-corrected chi connectivity index (χ4v) is 3.87. The van der Waals surface area contributed by atoms with Crippen LogP contribution in [0, 0.1) is 23.7 Å². The van der Waals surface area contributed by atoms with Crippen LogP contribution in [-0.2, 0) is 43.0 Å². The predicted octanol–water partition coefficient (Wildman–Crippen LogP) is 0.243. The molecular formula is C24H38N2O10. The van der Waals surface area contributed by atoms with Crippen molar-refractivity contribution in [3.8, 4) is 0 Å². The van der Waals surface area contributed by atoms with Crippen LogP contribution in [0.15, 0.2) is 0 Å². The van der Waals surface area contributed by atoms with Gasteiger partial charge in [0.2, 0.25) is 6.41 Å². The molecule has 2 heterocycles. The van der Waals surface area contributed by atoms with E-state index in [2.05, 4.69) is 10.1 Å². The lowest BCUT2D eigenvalue weighted by Gasteiger charge is -2.19. The molecule has 2 saturated carbocycles. The van der Waals surface area contributed by atoms with Gasteiger partial charge in [0.05, 0.1) is 25.3 Å². The van der Waals surface area contributed by atoms with Gasteiger partial charge in [-0.1, -0.05) is 0 Å². The van der Waals surface area contributed by atoms with Gasteiger partial charge in [-0.25, -0.2) is 0 Å². The third kappa shape index (κ3) is 12.3. The number of nitrogens with two attached hydrogens (primary N) is 1. The maximum atomic E-state index is 11.8. The number of hydrogen-bond donors (Lipinski definition) is 3. The summed E-state index contributed by atoms with van der Waals surface area (Å²) in [7, 11) is 0. The van der Waals surface area contributed by atoms with Crippen molar-refractivity contribution in [2.75, 3.05) is 26.4 Å². The van der Waals surface area contributed by atoms with E-state index in [1.54, 1.807) is 0 Å². The van der Waals surface area contributed by atoms with Crippen molar-refractivity contribution in [3.63, 3.8) is 0 Å². The highest BCUT2D eigenvalue weighted by Gasteiger charge is 2.39. The number of carboxylic acid groups (broad SMARTS) is 1. The molecule has 1 amide bonds. The maximum absolute atomic E-state index is 11.8. The number of hydrogen-bond acceptors (Lipinski definition) is 10. The SMILES string of the molecule is CC(=O)OC(C)=O.NC(C(=O)C1CC1)C1CCOC1.O=CNC(C(=O)C1CC1)C1CCOC1.O=CO. The minimum Gasteiger partial charge on any atom is -0.483 e. The first kappa shape index (κ1) is 31.3. The number of carbonyl (C=O) groups excluding carboxylic acids is 5. The molecule has 12 nitrogen and oxygen atoms in total. The second-order valence-corrected chi connectivity index (χ2v) is 9.08. The van der Waals surface area contributed by atoms with E-state index in [1.807, 2.05) is 0 Å². The zero-order valence-electron chi connectivity index (χ0n) is 20.9. The van der Waals surface area contributed by atoms with E-state index < -0.39 is 11.9 Å². The van der Waals surface area contributed by atoms with Crippen LogP contribution in [0.2, 0.25) is 0 Å². The van der Waals surface area contributed by atoms with Crippen LogP contribution in [0.1, 0.15) is 52.4 Å². The van der Waals surface area contributed by atoms with Crippen molar-refractivity contribution in [1.82, 2.24) is 5.32 Å². The zero-order chi connectivity index (χ0) is 27.1. The number of esters is 2. The molecule has 0 aromatic rings. The molecule has 0 aromatic heterocycles. The van der Waals surface area contributed by atoms with Crippen molar-refractivity contribution in [1.29, 1.82) is 0 Å². The van der Waals surface area contributed by atoms with E-state index in [9.17, 15) is 24.0 Å². The number of nitrogens with one attached hydrogen (secondary N) is 1. The highest BCUT2D eigenvalue weighted by atomic mass is 16.6. The number of rotatable bonds is 8. The Morgan fingerprint density at radius 3 is 1.64 bits per heavy atom. The molecule has 204 valence electrons. The summed E-state index contributed by atoms with van der Waals surface area (Å²) in [5.74, 6) is 0.318. The van der Waals surface area contributed by atoms with Crippen LogP contribution in [0.3, 0.4) is 0 Å². The molecule has 2 aliphatic carbocycles. The molecule has 4 aliphatic rings. The zero-order valence-corrected chi connectivity index (χ0v) is 20.9. The Kier molecular flexibility index (Phi) is 14.7. The van der Waals surface area contributed by atoms with E-state index >= 15 is 0 Å². The summed E-state index contributed by atoms with van der Waals surface area (Å²) in [4.78, 5) is 61.7. The van der Waals surface area contributed by atoms with E-state index in [0.717, 1.165) is 45.1 Å². The largest absolute Gasteiger partial charge is 0.483 e. The van der Waals surface area contributed by atoms with Gasteiger partial charge in [0, 0.05) is 50.7 Å². The molecule has 12 heteroatoms. The van der Waals surface area contributed by atoms with Crippen molar-refractivity contribution in [3.05, 3.63) is 0 Å². The predicted molar refractivity (Wildman–Crippen MR) is 125 cm³/mol. The molecule has 2 aliphatic heterocycles. The van der Waals surface area contributed by atoms with Gasteiger partial charge in [-0.3, -0.25) is 28.8 Å². The Hall–Kier alpha value is -2.70. The van der Waals surface area contributed by atoms with Gasteiger partial charge in [0.1, 0.15) is 0 Å². The average Bonchev–Trinajstić information content (AvgIpc) is 3.74. The van der Waals surface area contributed by atoms with Gasteiger partial charge < -0.3 is 30.4 Å². The lowest BCUT2D eigenvalue weighted by molar-refractivity contribution is -0.156.